The molecule has 0 saturated carbocycles. The minimum Gasteiger partial charge on any atom is -0.496 e. The number of aryl methyl sites for hydroxylation is 2. The summed E-state index contributed by atoms with van der Waals surface area (Å²) in [6, 6.07) is 16.4. The molecule has 0 unspecified atom stereocenters. The maximum Gasteiger partial charge on any atom is 0.220 e. The molecule has 4 rings (SSSR count). The number of amides is 1. The Labute approximate surface area is 177 Å². The number of para-hydroxylation sites is 1. The lowest BCUT2D eigenvalue weighted by atomic mass is 9.93. The number of hydrogen-bond donors (Lipinski definition) is 1. The topological polar surface area (TPSA) is 60.5 Å². The average molecular weight is 405 g/mol. The van der Waals surface area contributed by atoms with Crippen LogP contribution in [-0.4, -0.2) is 37.3 Å². The molecular formula is C25H28N2O3. The van der Waals surface area contributed by atoms with Gasteiger partial charge in [-0.1, -0.05) is 30.3 Å². The van der Waals surface area contributed by atoms with Gasteiger partial charge in [0.15, 0.2) is 0 Å². The lowest BCUT2D eigenvalue weighted by molar-refractivity contribution is -0.122. The molecule has 2 aromatic carbocycles. The molecule has 0 radical (unpaired) electrons. The maximum absolute atomic E-state index is 12.6. The molecule has 1 aromatic heterocycles. The number of nitrogens with one attached hydrogen (secondary N) is 1. The summed E-state index contributed by atoms with van der Waals surface area (Å²) < 4.78 is 11.1. The Kier molecular flexibility index (Phi) is 6.29. The van der Waals surface area contributed by atoms with Crippen molar-refractivity contribution < 1.29 is 14.3 Å². The Morgan fingerprint density at radius 3 is 2.93 bits per heavy atom. The predicted octanol–water partition coefficient (Wildman–Crippen LogP) is 3.86. The van der Waals surface area contributed by atoms with E-state index in [0.717, 1.165) is 28.8 Å². The van der Waals surface area contributed by atoms with Gasteiger partial charge >= 0.3 is 0 Å². The van der Waals surface area contributed by atoms with Crippen LogP contribution in [0.3, 0.4) is 0 Å². The minimum atomic E-state index is 0.0389. The standard InChI is InChI=1S/C25H28N2O3/c1-17-7-8-18(13-24(17)29-2)9-10-25(28)27-23-16-30-15-20(23)14-19-11-12-26-22-6-4-3-5-21(19)22/h3-8,11-13,20,23H,9-10,14-16H2,1-2H3,(H,27,28)/t20-,23-/m1/s1. The summed E-state index contributed by atoms with van der Waals surface area (Å²) in [5.41, 5.74) is 4.46. The molecule has 3 aromatic rings. The summed E-state index contributed by atoms with van der Waals surface area (Å²) in [5.74, 6) is 1.19. The van der Waals surface area contributed by atoms with Crippen molar-refractivity contribution in [3.05, 3.63) is 71.4 Å². The summed E-state index contributed by atoms with van der Waals surface area (Å²) in [6.45, 7) is 3.25. The largest absolute Gasteiger partial charge is 0.496 e. The van der Waals surface area contributed by atoms with Crippen LogP contribution in [0, 0.1) is 12.8 Å². The van der Waals surface area contributed by atoms with Gasteiger partial charge in [-0.15, -0.1) is 0 Å². The number of carbonyl (C=O) groups is 1. The quantitative estimate of drug-likeness (QED) is 0.650. The van der Waals surface area contributed by atoms with Crippen LogP contribution in [0.2, 0.25) is 0 Å². The third-order valence-electron chi connectivity index (χ3n) is 5.88. The van der Waals surface area contributed by atoms with Crippen molar-refractivity contribution >= 4 is 16.8 Å². The molecular weight excluding hydrogens is 376 g/mol. The number of fused-ring (bicyclic) bond motifs is 1. The first-order valence-electron chi connectivity index (χ1n) is 10.5. The minimum absolute atomic E-state index is 0.0389. The number of ether oxygens (including phenoxy) is 2. The number of nitrogens with zero attached hydrogens (tertiary/aromatic N) is 1. The molecule has 1 saturated heterocycles. The fraction of sp³-hybridized carbons (Fsp3) is 0.360. The molecule has 2 atom stereocenters. The molecule has 1 fully saturated rings. The fourth-order valence-corrected chi connectivity index (χ4v) is 4.13. The maximum atomic E-state index is 12.6. The molecule has 0 aliphatic carbocycles. The van der Waals surface area contributed by atoms with E-state index in [9.17, 15) is 4.79 Å². The van der Waals surface area contributed by atoms with E-state index in [1.165, 1.54) is 10.9 Å². The van der Waals surface area contributed by atoms with Gasteiger partial charge in [0.05, 0.1) is 31.9 Å². The van der Waals surface area contributed by atoms with E-state index >= 15 is 0 Å². The molecule has 1 aliphatic rings. The summed E-state index contributed by atoms with van der Waals surface area (Å²) in [7, 11) is 1.67. The highest BCUT2D eigenvalue weighted by Gasteiger charge is 2.30. The molecule has 5 nitrogen and oxygen atoms in total. The van der Waals surface area contributed by atoms with Gasteiger partial charge in [-0.2, -0.15) is 0 Å². The Morgan fingerprint density at radius 2 is 2.07 bits per heavy atom. The van der Waals surface area contributed by atoms with Crippen LogP contribution in [0.5, 0.6) is 5.75 Å². The molecule has 1 amide bonds. The molecule has 1 aliphatic heterocycles. The first-order valence-corrected chi connectivity index (χ1v) is 10.5. The van der Waals surface area contributed by atoms with Gasteiger partial charge in [-0.3, -0.25) is 9.78 Å². The van der Waals surface area contributed by atoms with Crippen LogP contribution in [-0.2, 0) is 22.4 Å². The molecule has 156 valence electrons. The fourth-order valence-electron chi connectivity index (χ4n) is 4.13. The highest BCUT2D eigenvalue weighted by Crippen LogP contribution is 2.24. The first kappa shape index (κ1) is 20.4. The van der Waals surface area contributed by atoms with Gasteiger partial charge in [0.25, 0.3) is 0 Å². The molecule has 5 heteroatoms. The molecule has 0 spiro atoms. The van der Waals surface area contributed by atoms with E-state index in [-0.39, 0.29) is 17.9 Å². The Morgan fingerprint density at radius 1 is 1.20 bits per heavy atom. The highest BCUT2D eigenvalue weighted by molar-refractivity contribution is 5.82. The van der Waals surface area contributed by atoms with Gasteiger partial charge in [0, 0.05) is 23.9 Å². The lowest BCUT2D eigenvalue weighted by Crippen LogP contribution is -2.40. The van der Waals surface area contributed by atoms with Gasteiger partial charge in [-0.05, 0) is 54.7 Å². The zero-order chi connectivity index (χ0) is 20.9. The first-order chi connectivity index (χ1) is 14.6. The number of carbonyl (C=O) groups excluding carboxylic acids is 1. The number of pyridine rings is 1. The van der Waals surface area contributed by atoms with Crippen molar-refractivity contribution in [1.82, 2.24) is 10.3 Å². The van der Waals surface area contributed by atoms with Gasteiger partial charge < -0.3 is 14.8 Å². The van der Waals surface area contributed by atoms with Gasteiger partial charge in [0.1, 0.15) is 5.75 Å². The Hall–Kier alpha value is -2.92. The van der Waals surface area contributed by atoms with Crippen LogP contribution in [0.25, 0.3) is 10.9 Å². The number of hydrogen-bond acceptors (Lipinski definition) is 4. The van der Waals surface area contributed by atoms with Crippen LogP contribution < -0.4 is 10.1 Å². The van der Waals surface area contributed by atoms with Crippen molar-refractivity contribution in [1.29, 1.82) is 0 Å². The Bertz CT molecular complexity index is 1030. The summed E-state index contributed by atoms with van der Waals surface area (Å²) in [5, 5.41) is 4.37. The van der Waals surface area contributed by atoms with Crippen molar-refractivity contribution in [2.45, 2.75) is 32.2 Å². The monoisotopic (exact) mass is 404 g/mol. The Balaban J connectivity index is 1.36. The van der Waals surface area contributed by atoms with E-state index in [1.807, 2.05) is 43.5 Å². The highest BCUT2D eigenvalue weighted by atomic mass is 16.5. The van der Waals surface area contributed by atoms with E-state index in [4.69, 9.17) is 9.47 Å². The van der Waals surface area contributed by atoms with Crippen molar-refractivity contribution in [2.24, 2.45) is 5.92 Å². The second kappa shape index (κ2) is 9.26. The second-order valence-electron chi connectivity index (χ2n) is 7.97. The number of benzene rings is 2. The molecule has 0 bridgehead atoms. The molecule has 1 N–H and O–H groups in total. The number of rotatable bonds is 7. The summed E-state index contributed by atoms with van der Waals surface area (Å²) in [6.07, 6.45) is 3.86. The smallest absolute Gasteiger partial charge is 0.220 e. The van der Waals surface area contributed by atoms with Crippen molar-refractivity contribution in [3.63, 3.8) is 0 Å². The molecule has 2 heterocycles. The van der Waals surface area contributed by atoms with Crippen LogP contribution in [0.1, 0.15) is 23.1 Å². The number of aromatic nitrogens is 1. The summed E-state index contributed by atoms with van der Waals surface area (Å²) >= 11 is 0. The SMILES string of the molecule is COc1cc(CCC(=O)N[C@@H]2COC[C@H]2Cc2ccnc3ccccc23)ccc1C. The van der Waals surface area contributed by atoms with E-state index in [2.05, 4.69) is 28.5 Å². The predicted molar refractivity (Wildman–Crippen MR) is 118 cm³/mol. The van der Waals surface area contributed by atoms with E-state index in [1.54, 1.807) is 7.11 Å². The van der Waals surface area contributed by atoms with Gasteiger partial charge in [0.2, 0.25) is 5.91 Å². The number of methoxy groups -OCH3 is 1. The lowest BCUT2D eigenvalue weighted by Gasteiger charge is -2.20. The van der Waals surface area contributed by atoms with Crippen LogP contribution in [0.15, 0.2) is 54.7 Å². The van der Waals surface area contributed by atoms with E-state index in [0.29, 0.717) is 26.1 Å². The third kappa shape index (κ3) is 4.62. The van der Waals surface area contributed by atoms with Crippen LogP contribution >= 0.6 is 0 Å². The third-order valence-corrected chi connectivity index (χ3v) is 5.88. The normalized spacial score (nSPS) is 18.5. The van der Waals surface area contributed by atoms with Crippen molar-refractivity contribution in [2.75, 3.05) is 20.3 Å². The molecule has 30 heavy (non-hydrogen) atoms. The zero-order valence-corrected chi connectivity index (χ0v) is 17.6. The van der Waals surface area contributed by atoms with Crippen molar-refractivity contribution in [3.8, 4) is 5.75 Å². The average Bonchev–Trinajstić information content (AvgIpc) is 3.20. The van der Waals surface area contributed by atoms with E-state index < -0.39 is 0 Å². The van der Waals surface area contributed by atoms with Crippen LogP contribution in [0.4, 0.5) is 0 Å². The second-order valence-corrected chi connectivity index (χ2v) is 7.97. The summed E-state index contributed by atoms with van der Waals surface area (Å²) in [4.78, 5) is 17.0. The zero-order valence-electron chi connectivity index (χ0n) is 17.6. The van der Waals surface area contributed by atoms with Gasteiger partial charge in [-0.25, -0.2) is 0 Å².